The average Bonchev–Trinajstić information content (AvgIpc) is 3.16. The van der Waals surface area contributed by atoms with Crippen molar-refractivity contribution >= 4 is 5.91 Å². The van der Waals surface area contributed by atoms with Crippen LogP contribution in [0.4, 0.5) is 0 Å². The molecule has 1 aromatic heterocycles. The van der Waals surface area contributed by atoms with Crippen LogP contribution in [0.15, 0.2) is 36.5 Å². The molecule has 2 heterocycles. The Morgan fingerprint density at radius 1 is 1.13 bits per heavy atom. The van der Waals surface area contributed by atoms with Crippen molar-refractivity contribution in [2.45, 2.75) is 44.7 Å². The van der Waals surface area contributed by atoms with Crippen LogP contribution in [-0.2, 0) is 11.3 Å². The molecule has 120 valence electrons. The smallest absolute Gasteiger partial charge is 0.244 e. The standard InChI is InChI=1S/C18H22N4O/c23-18(22-11-5-10-17(22)15-8-4-9-15)13-21-12-16(19-20-21)14-6-2-1-3-7-14/h1-3,6-7,12,15,17H,4-5,8-11,13H2. The van der Waals surface area contributed by atoms with Gasteiger partial charge in [0.15, 0.2) is 0 Å². The molecule has 1 aliphatic carbocycles. The molecule has 1 saturated heterocycles. The predicted molar refractivity (Wildman–Crippen MR) is 87.5 cm³/mol. The number of carbonyl (C=O) groups excluding carboxylic acids is 1. The monoisotopic (exact) mass is 310 g/mol. The first-order valence-corrected chi connectivity index (χ1v) is 8.56. The summed E-state index contributed by atoms with van der Waals surface area (Å²) in [5, 5.41) is 8.32. The zero-order chi connectivity index (χ0) is 15.6. The van der Waals surface area contributed by atoms with Crippen LogP contribution in [0.3, 0.4) is 0 Å². The maximum absolute atomic E-state index is 12.7. The fraction of sp³-hybridized carbons (Fsp3) is 0.500. The molecule has 0 N–H and O–H groups in total. The largest absolute Gasteiger partial charge is 0.338 e. The molecule has 1 unspecified atom stereocenters. The van der Waals surface area contributed by atoms with Crippen LogP contribution in [0.1, 0.15) is 32.1 Å². The van der Waals surface area contributed by atoms with Crippen molar-refractivity contribution in [1.29, 1.82) is 0 Å². The second kappa shape index (κ2) is 6.14. The van der Waals surface area contributed by atoms with E-state index in [9.17, 15) is 4.79 Å². The fourth-order valence-electron chi connectivity index (χ4n) is 3.76. The van der Waals surface area contributed by atoms with E-state index in [0.29, 0.717) is 12.6 Å². The van der Waals surface area contributed by atoms with E-state index in [0.717, 1.165) is 30.1 Å². The molecule has 0 spiro atoms. The molecule has 0 bridgehead atoms. The molecule has 0 radical (unpaired) electrons. The zero-order valence-electron chi connectivity index (χ0n) is 13.3. The van der Waals surface area contributed by atoms with E-state index < -0.39 is 0 Å². The summed E-state index contributed by atoms with van der Waals surface area (Å²) in [7, 11) is 0. The van der Waals surface area contributed by atoms with Gasteiger partial charge in [-0.1, -0.05) is 42.0 Å². The highest BCUT2D eigenvalue weighted by molar-refractivity contribution is 5.76. The highest BCUT2D eigenvalue weighted by Gasteiger charge is 2.37. The third kappa shape index (κ3) is 2.87. The third-order valence-electron chi connectivity index (χ3n) is 5.22. The van der Waals surface area contributed by atoms with Gasteiger partial charge in [-0.05, 0) is 31.6 Å². The lowest BCUT2D eigenvalue weighted by Crippen LogP contribution is -2.43. The molecule has 2 fully saturated rings. The predicted octanol–water partition coefficient (Wildman–Crippen LogP) is 2.74. The summed E-state index contributed by atoms with van der Waals surface area (Å²) in [6.07, 6.45) is 8.07. The van der Waals surface area contributed by atoms with E-state index in [2.05, 4.69) is 15.2 Å². The highest BCUT2D eigenvalue weighted by atomic mass is 16.2. The fourth-order valence-corrected chi connectivity index (χ4v) is 3.76. The first kappa shape index (κ1) is 14.4. The van der Waals surface area contributed by atoms with Crippen LogP contribution < -0.4 is 0 Å². The number of hydrogen-bond donors (Lipinski definition) is 0. The molecule has 23 heavy (non-hydrogen) atoms. The molecule has 1 amide bonds. The lowest BCUT2D eigenvalue weighted by atomic mass is 9.79. The first-order valence-electron chi connectivity index (χ1n) is 8.56. The molecular weight excluding hydrogens is 288 g/mol. The summed E-state index contributed by atoms with van der Waals surface area (Å²) < 4.78 is 1.67. The summed E-state index contributed by atoms with van der Waals surface area (Å²) >= 11 is 0. The Kier molecular flexibility index (Phi) is 3.85. The first-order chi connectivity index (χ1) is 11.3. The van der Waals surface area contributed by atoms with Crippen molar-refractivity contribution in [3.8, 4) is 11.3 Å². The van der Waals surface area contributed by atoms with Crippen molar-refractivity contribution in [3.05, 3.63) is 36.5 Å². The van der Waals surface area contributed by atoms with E-state index >= 15 is 0 Å². The van der Waals surface area contributed by atoms with E-state index in [-0.39, 0.29) is 5.91 Å². The van der Waals surface area contributed by atoms with Crippen molar-refractivity contribution in [2.24, 2.45) is 5.92 Å². The average molecular weight is 310 g/mol. The summed E-state index contributed by atoms with van der Waals surface area (Å²) in [6.45, 7) is 1.20. The number of nitrogens with zero attached hydrogens (tertiary/aromatic N) is 4. The number of rotatable bonds is 4. The molecule has 5 heteroatoms. The van der Waals surface area contributed by atoms with Crippen molar-refractivity contribution in [1.82, 2.24) is 19.9 Å². The van der Waals surface area contributed by atoms with Crippen LogP contribution >= 0.6 is 0 Å². The van der Waals surface area contributed by atoms with Gasteiger partial charge in [-0.3, -0.25) is 4.79 Å². The molecule has 1 atom stereocenters. The van der Waals surface area contributed by atoms with E-state index in [1.807, 2.05) is 36.5 Å². The number of amides is 1. The number of carbonyl (C=O) groups is 1. The highest BCUT2D eigenvalue weighted by Crippen LogP contribution is 2.37. The van der Waals surface area contributed by atoms with Crippen molar-refractivity contribution < 1.29 is 4.79 Å². The number of aromatic nitrogens is 3. The Labute approximate surface area is 136 Å². The SMILES string of the molecule is O=C(Cn1cc(-c2ccccc2)nn1)N1CCCC1C1CCC1. The van der Waals surface area contributed by atoms with Gasteiger partial charge in [0.05, 0.1) is 6.20 Å². The third-order valence-corrected chi connectivity index (χ3v) is 5.22. The Morgan fingerprint density at radius 3 is 2.70 bits per heavy atom. The van der Waals surface area contributed by atoms with E-state index in [1.165, 1.54) is 25.7 Å². The summed E-state index contributed by atoms with van der Waals surface area (Å²) in [6, 6.07) is 10.4. The van der Waals surface area contributed by atoms with Crippen LogP contribution in [0.25, 0.3) is 11.3 Å². The second-order valence-electron chi connectivity index (χ2n) is 6.66. The van der Waals surface area contributed by atoms with Crippen LogP contribution in [0, 0.1) is 5.92 Å². The Bertz CT molecular complexity index is 677. The lowest BCUT2D eigenvalue weighted by molar-refractivity contribution is -0.134. The van der Waals surface area contributed by atoms with Gasteiger partial charge in [-0.25, -0.2) is 4.68 Å². The van der Waals surface area contributed by atoms with Gasteiger partial charge < -0.3 is 4.90 Å². The minimum Gasteiger partial charge on any atom is -0.338 e. The Morgan fingerprint density at radius 2 is 1.96 bits per heavy atom. The number of likely N-dealkylation sites (tertiary alicyclic amines) is 1. The molecule has 1 aromatic carbocycles. The summed E-state index contributed by atoms with van der Waals surface area (Å²) in [5.74, 6) is 0.918. The van der Waals surface area contributed by atoms with Gasteiger partial charge in [0.2, 0.25) is 5.91 Å². The Balaban J connectivity index is 1.43. The van der Waals surface area contributed by atoms with Crippen LogP contribution in [0.5, 0.6) is 0 Å². The maximum atomic E-state index is 12.7. The molecule has 1 saturated carbocycles. The van der Waals surface area contributed by atoms with Gasteiger partial charge in [-0.2, -0.15) is 0 Å². The minimum atomic E-state index is 0.184. The normalized spacial score (nSPS) is 21.4. The van der Waals surface area contributed by atoms with Gasteiger partial charge >= 0.3 is 0 Å². The topological polar surface area (TPSA) is 51.0 Å². The minimum absolute atomic E-state index is 0.184. The number of benzene rings is 1. The van der Waals surface area contributed by atoms with Gasteiger partial charge in [0.25, 0.3) is 0 Å². The molecule has 1 aliphatic heterocycles. The Hall–Kier alpha value is -2.17. The van der Waals surface area contributed by atoms with Gasteiger partial charge in [-0.15, -0.1) is 5.10 Å². The molecular formula is C18H22N4O. The maximum Gasteiger partial charge on any atom is 0.244 e. The molecule has 4 rings (SSSR count). The van der Waals surface area contributed by atoms with E-state index in [4.69, 9.17) is 0 Å². The molecule has 2 aliphatic rings. The second-order valence-corrected chi connectivity index (χ2v) is 6.66. The molecule has 2 aromatic rings. The zero-order valence-corrected chi connectivity index (χ0v) is 13.3. The van der Waals surface area contributed by atoms with E-state index in [1.54, 1.807) is 4.68 Å². The van der Waals surface area contributed by atoms with Crippen LogP contribution in [-0.4, -0.2) is 38.4 Å². The van der Waals surface area contributed by atoms with Gasteiger partial charge in [0.1, 0.15) is 12.2 Å². The lowest BCUT2D eigenvalue weighted by Gasteiger charge is -2.37. The quantitative estimate of drug-likeness (QED) is 0.872. The summed E-state index contributed by atoms with van der Waals surface area (Å²) in [5.41, 5.74) is 1.84. The number of hydrogen-bond acceptors (Lipinski definition) is 3. The van der Waals surface area contributed by atoms with Gasteiger partial charge in [0, 0.05) is 18.2 Å². The molecule has 5 nitrogen and oxygen atoms in total. The van der Waals surface area contributed by atoms with Crippen molar-refractivity contribution in [2.75, 3.05) is 6.54 Å². The summed E-state index contributed by atoms with van der Waals surface area (Å²) in [4.78, 5) is 14.7. The van der Waals surface area contributed by atoms with Crippen LogP contribution in [0.2, 0.25) is 0 Å². The van der Waals surface area contributed by atoms with Crippen molar-refractivity contribution in [3.63, 3.8) is 0 Å².